The van der Waals surface area contributed by atoms with E-state index < -0.39 is 11.4 Å². The first kappa shape index (κ1) is 17.6. The number of rotatable bonds is 4. The number of ketones is 1. The summed E-state index contributed by atoms with van der Waals surface area (Å²) in [5, 5.41) is 0.393. The summed E-state index contributed by atoms with van der Waals surface area (Å²) in [7, 11) is 1.29. The highest BCUT2D eigenvalue weighted by atomic mass is 35.5. The minimum Gasteiger partial charge on any atom is -0.480 e. The minimum absolute atomic E-state index is 0.0795. The number of carbonyl (C=O) groups excluding carboxylic acids is 2. The highest BCUT2D eigenvalue weighted by Crippen LogP contribution is 2.52. The zero-order valence-corrected chi connectivity index (χ0v) is 15.3. The maximum atomic E-state index is 13.0. The monoisotopic (exact) mass is 370 g/mol. The Balaban J connectivity index is 1.93. The molecular weight excluding hydrogens is 351 g/mol. The maximum absolute atomic E-state index is 13.0. The quantitative estimate of drug-likeness (QED) is 0.733. The van der Waals surface area contributed by atoms with Crippen molar-refractivity contribution in [1.82, 2.24) is 0 Å². The summed E-state index contributed by atoms with van der Waals surface area (Å²) in [4.78, 5) is 24.3. The van der Waals surface area contributed by atoms with Crippen molar-refractivity contribution < 1.29 is 19.1 Å². The fourth-order valence-electron chi connectivity index (χ4n) is 3.99. The van der Waals surface area contributed by atoms with Gasteiger partial charge in [0.25, 0.3) is 0 Å². The zero-order valence-electron chi connectivity index (χ0n) is 13.8. The summed E-state index contributed by atoms with van der Waals surface area (Å²) in [6.45, 7) is 1.78. The van der Waals surface area contributed by atoms with Crippen LogP contribution in [0.5, 0.6) is 5.75 Å². The third-order valence-electron chi connectivity index (χ3n) is 5.39. The molecule has 1 aromatic rings. The van der Waals surface area contributed by atoms with Crippen molar-refractivity contribution in [3.8, 4) is 5.75 Å². The van der Waals surface area contributed by atoms with E-state index in [4.69, 9.17) is 27.9 Å². The van der Waals surface area contributed by atoms with Crippen molar-refractivity contribution in [3.05, 3.63) is 27.2 Å². The van der Waals surface area contributed by atoms with Crippen LogP contribution in [0.15, 0.2) is 6.07 Å². The van der Waals surface area contributed by atoms with Crippen LogP contribution >= 0.6 is 23.2 Å². The Labute approximate surface area is 151 Å². The molecule has 1 atom stereocenters. The lowest BCUT2D eigenvalue weighted by Gasteiger charge is -2.29. The van der Waals surface area contributed by atoms with Crippen LogP contribution in [0.4, 0.5) is 0 Å². The molecule has 24 heavy (non-hydrogen) atoms. The first-order chi connectivity index (χ1) is 11.4. The Hall–Kier alpha value is -1.26. The number of hydrogen-bond acceptors (Lipinski definition) is 4. The topological polar surface area (TPSA) is 52.6 Å². The standard InChI is InChI=1S/C18H20Cl2O4/c1-18(11-5-3-4-6-11)8-10-7-12(24-9-13(21)23-2)15(19)16(20)14(10)17(18)22/h7,11H,3-6,8-9H2,1-2H3. The van der Waals surface area contributed by atoms with E-state index in [0.29, 0.717) is 23.7 Å². The first-order valence-electron chi connectivity index (χ1n) is 8.13. The maximum Gasteiger partial charge on any atom is 0.343 e. The van der Waals surface area contributed by atoms with E-state index in [2.05, 4.69) is 4.74 Å². The van der Waals surface area contributed by atoms with Crippen LogP contribution in [0.1, 0.15) is 48.5 Å². The summed E-state index contributed by atoms with van der Waals surface area (Å²) < 4.78 is 9.98. The Morgan fingerprint density at radius 2 is 1.96 bits per heavy atom. The minimum atomic E-state index is -0.505. The molecule has 0 aliphatic heterocycles. The SMILES string of the molecule is COC(=O)COc1cc2c(c(Cl)c1Cl)C(=O)C(C)(C1CCCC1)C2. The molecule has 0 saturated heterocycles. The van der Waals surface area contributed by atoms with Crippen LogP contribution in [0.3, 0.4) is 0 Å². The molecular formula is C18H20Cl2O4. The summed E-state index contributed by atoms with van der Waals surface area (Å²) in [6.07, 6.45) is 5.13. The van der Waals surface area contributed by atoms with Gasteiger partial charge in [0, 0.05) is 11.0 Å². The average Bonchev–Trinajstić information content (AvgIpc) is 3.18. The van der Waals surface area contributed by atoms with Crippen molar-refractivity contribution in [3.63, 3.8) is 0 Å². The van der Waals surface area contributed by atoms with Gasteiger partial charge < -0.3 is 9.47 Å². The van der Waals surface area contributed by atoms with Crippen LogP contribution in [0.2, 0.25) is 10.0 Å². The van der Waals surface area contributed by atoms with Gasteiger partial charge in [-0.2, -0.15) is 0 Å². The van der Waals surface area contributed by atoms with E-state index in [0.717, 1.165) is 18.4 Å². The lowest BCUT2D eigenvalue weighted by Crippen LogP contribution is -2.32. The molecule has 1 unspecified atom stereocenters. The van der Waals surface area contributed by atoms with Crippen molar-refractivity contribution >= 4 is 35.0 Å². The molecule has 3 rings (SSSR count). The molecule has 2 aliphatic carbocycles. The van der Waals surface area contributed by atoms with Crippen LogP contribution in [-0.2, 0) is 16.0 Å². The highest BCUT2D eigenvalue weighted by Gasteiger charge is 2.49. The van der Waals surface area contributed by atoms with E-state index in [1.54, 1.807) is 6.07 Å². The van der Waals surface area contributed by atoms with E-state index in [9.17, 15) is 9.59 Å². The summed E-state index contributed by atoms with van der Waals surface area (Å²) >= 11 is 12.6. The molecule has 0 radical (unpaired) electrons. The van der Waals surface area contributed by atoms with E-state index in [-0.39, 0.29) is 22.4 Å². The Bertz CT molecular complexity index is 695. The first-order valence-corrected chi connectivity index (χ1v) is 8.89. The van der Waals surface area contributed by atoms with Crippen molar-refractivity contribution in [2.75, 3.05) is 13.7 Å². The fourth-order valence-corrected chi connectivity index (χ4v) is 4.50. The number of Topliss-reactive ketones (excluding diaryl/α,β-unsaturated/α-hetero) is 1. The Morgan fingerprint density at radius 1 is 1.29 bits per heavy atom. The lowest BCUT2D eigenvalue weighted by molar-refractivity contribution is -0.142. The summed E-state index contributed by atoms with van der Waals surface area (Å²) in [5.74, 6) is 0.270. The van der Waals surface area contributed by atoms with E-state index in [1.165, 1.54) is 20.0 Å². The molecule has 1 fully saturated rings. The number of hydrogen-bond donors (Lipinski definition) is 0. The second kappa shape index (κ2) is 6.57. The predicted octanol–water partition coefficient (Wildman–Crippen LogP) is 4.48. The molecule has 1 saturated carbocycles. The molecule has 2 aliphatic rings. The molecule has 0 spiro atoms. The number of esters is 1. The van der Waals surface area contributed by atoms with Gasteiger partial charge in [0.15, 0.2) is 12.4 Å². The predicted molar refractivity (Wildman–Crippen MR) is 92.1 cm³/mol. The molecule has 0 amide bonds. The molecule has 1 aromatic carbocycles. The normalized spacial score (nSPS) is 23.4. The molecule has 0 bridgehead atoms. The van der Waals surface area contributed by atoms with Gasteiger partial charge in [-0.05, 0) is 36.8 Å². The number of ether oxygens (including phenoxy) is 2. The number of benzene rings is 1. The molecule has 6 heteroatoms. The Kier molecular flexibility index (Phi) is 4.80. The number of fused-ring (bicyclic) bond motifs is 1. The van der Waals surface area contributed by atoms with Crippen molar-refractivity contribution in [1.29, 1.82) is 0 Å². The second-order valence-corrected chi connectivity index (χ2v) is 7.56. The zero-order chi connectivity index (χ0) is 17.5. The van der Waals surface area contributed by atoms with E-state index >= 15 is 0 Å². The van der Waals surface area contributed by atoms with Crippen molar-refractivity contribution in [2.45, 2.75) is 39.0 Å². The van der Waals surface area contributed by atoms with Gasteiger partial charge in [0.05, 0.1) is 12.1 Å². The van der Waals surface area contributed by atoms with E-state index in [1.807, 2.05) is 6.92 Å². The molecule has 0 aromatic heterocycles. The summed E-state index contributed by atoms with van der Waals surface area (Å²) in [6, 6.07) is 1.74. The Morgan fingerprint density at radius 3 is 2.58 bits per heavy atom. The average molecular weight is 371 g/mol. The van der Waals surface area contributed by atoms with Crippen LogP contribution < -0.4 is 4.74 Å². The smallest absolute Gasteiger partial charge is 0.343 e. The van der Waals surface area contributed by atoms with Gasteiger partial charge >= 0.3 is 5.97 Å². The number of halogens is 2. The number of methoxy groups -OCH3 is 1. The third kappa shape index (κ3) is 2.80. The lowest BCUT2D eigenvalue weighted by atomic mass is 9.73. The van der Waals surface area contributed by atoms with Gasteiger partial charge in [-0.15, -0.1) is 0 Å². The van der Waals surface area contributed by atoms with Gasteiger partial charge in [-0.25, -0.2) is 4.79 Å². The number of carbonyl (C=O) groups is 2. The van der Waals surface area contributed by atoms with Crippen molar-refractivity contribution in [2.24, 2.45) is 11.3 Å². The van der Waals surface area contributed by atoms with Crippen LogP contribution in [0, 0.1) is 11.3 Å². The molecule has 0 N–H and O–H groups in total. The fraction of sp³-hybridized carbons (Fsp3) is 0.556. The van der Waals surface area contributed by atoms with Gasteiger partial charge in [0.1, 0.15) is 10.8 Å². The third-order valence-corrected chi connectivity index (χ3v) is 6.24. The van der Waals surface area contributed by atoms with Crippen LogP contribution in [-0.4, -0.2) is 25.5 Å². The summed E-state index contributed by atoms with van der Waals surface area (Å²) in [5.41, 5.74) is 0.942. The molecule has 4 nitrogen and oxygen atoms in total. The molecule has 130 valence electrons. The highest BCUT2D eigenvalue weighted by molar-refractivity contribution is 6.45. The van der Waals surface area contributed by atoms with Gasteiger partial charge in [-0.1, -0.05) is 43.0 Å². The molecule has 0 heterocycles. The second-order valence-electron chi connectivity index (χ2n) is 6.81. The van der Waals surface area contributed by atoms with Gasteiger partial charge in [-0.3, -0.25) is 4.79 Å². The van der Waals surface area contributed by atoms with Gasteiger partial charge in [0.2, 0.25) is 0 Å². The largest absolute Gasteiger partial charge is 0.480 e. The van der Waals surface area contributed by atoms with Crippen LogP contribution in [0.25, 0.3) is 0 Å².